The van der Waals surface area contributed by atoms with Crippen LogP contribution in [-0.2, 0) is 6.42 Å². The van der Waals surface area contributed by atoms with E-state index in [9.17, 15) is 5.11 Å². The quantitative estimate of drug-likeness (QED) is 0.794. The number of aliphatic hydroxyl groups is 1. The van der Waals surface area contributed by atoms with Crippen molar-refractivity contribution in [2.45, 2.75) is 31.8 Å². The van der Waals surface area contributed by atoms with Crippen LogP contribution in [0.2, 0.25) is 0 Å². The molecule has 1 aromatic rings. The molecule has 1 aromatic heterocycles. The SMILES string of the molecule is CCC1CNCCC1(O)Cc1ccco1. The first kappa shape index (κ1) is 10.7. The Hall–Kier alpha value is -0.800. The Morgan fingerprint density at radius 1 is 1.67 bits per heavy atom. The maximum absolute atomic E-state index is 10.6. The van der Waals surface area contributed by atoms with E-state index in [0.717, 1.165) is 31.7 Å². The average Bonchev–Trinajstić information content (AvgIpc) is 2.70. The molecular weight excluding hydrogens is 190 g/mol. The molecule has 1 saturated heterocycles. The monoisotopic (exact) mass is 209 g/mol. The Kier molecular flexibility index (Phi) is 3.12. The number of furan rings is 1. The van der Waals surface area contributed by atoms with Crippen LogP contribution in [0.1, 0.15) is 25.5 Å². The lowest BCUT2D eigenvalue weighted by Gasteiger charge is -2.39. The molecule has 84 valence electrons. The smallest absolute Gasteiger partial charge is 0.106 e. The predicted molar refractivity (Wildman–Crippen MR) is 58.6 cm³/mol. The normalized spacial score (nSPS) is 31.7. The van der Waals surface area contributed by atoms with E-state index >= 15 is 0 Å². The molecule has 0 bridgehead atoms. The summed E-state index contributed by atoms with van der Waals surface area (Å²) < 4.78 is 5.31. The molecule has 1 fully saturated rings. The molecule has 2 atom stereocenters. The van der Waals surface area contributed by atoms with E-state index in [-0.39, 0.29) is 0 Å². The second kappa shape index (κ2) is 4.37. The molecule has 3 heteroatoms. The van der Waals surface area contributed by atoms with Crippen LogP contribution in [0.15, 0.2) is 22.8 Å². The van der Waals surface area contributed by atoms with Crippen molar-refractivity contribution in [3.63, 3.8) is 0 Å². The summed E-state index contributed by atoms with van der Waals surface area (Å²) in [5, 5.41) is 13.9. The molecule has 2 heterocycles. The first-order chi connectivity index (χ1) is 7.24. The minimum absolute atomic E-state index is 0.330. The van der Waals surface area contributed by atoms with Crippen molar-refractivity contribution in [3.8, 4) is 0 Å². The van der Waals surface area contributed by atoms with Gasteiger partial charge in [-0.2, -0.15) is 0 Å². The van der Waals surface area contributed by atoms with Crippen molar-refractivity contribution in [2.75, 3.05) is 13.1 Å². The van der Waals surface area contributed by atoms with E-state index in [0.29, 0.717) is 12.3 Å². The van der Waals surface area contributed by atoms with Gasteiger partial charge in [-0.05, 0) is 31.5 Å². The summed E-state index contributed by atoms with van der Waals surface area (Å²) in [7, 11) is 0. The third-order valence-electron chi connectivity index (χ3n) is 3.44. The molecule has 0 amide bonds. The summed E-state index contributed by atoms with van der Waals surface area (Å²) in [6.45, 7) is 3.94. The second-order valence-corrected chi connectivity index (χ2v) is 4.42. The van der Waals surface area contributed by atoms with Gasteiger partial charge >= 0.3 is 0 Å². The van der Waals surface area contributed by atoms with Crippen LogP contribution >= 0.6 is 0 Å². The lowest BCUT2D eigenvalue weighted by molar-refractivity contribution is -0.0448. The summed E-state index contributed by atoms with van der Waals surface area (Å²) in [5.74, 6) is 1.22. The fourth-order valence-electron chi connectivity index (χ4n) is 2.45. The lowest BCUT2D eigenvalue weighted by Crippen LogP contribution is -2.51. The zero-order valence-electron chi connectivity index (χ0n) is 9.20. The highest BCUT2D eigenvalue weighted by Gasteiger charge is 2.38. The summed E-state index contributed by atoms with van der Waals surface area (Å²) in [6, 6.07) is 3.81. The van der Waals surface area contributed by atoms with E-state index in [4.69, 9.17) is 4.42 Å². The summed E-state index contributed by atoms with van der Waals surface area (Å²) in [4.78, 5) is 0. The van der Waals surface area contributed by atoms with Gasteiger partial charge in [-0.1, -0.05) is 6.92 Å². The maximum Gasteiger partial charge on any atom is 0.106 e. The second-order valence-electron chi connectivity index (χ2n) is 4.42. The molecule has 0 spiro atoms. The van der Waals surface area contributed by atoms with Gasteiger partial charge in [0.25, 0.3) is 0 Å². The zero-order chi connectivity index (χ0) is 10.7. The van der Waals surface area contributed by atoms with Crippen LogP contribution in [0.25, 0.3) is 0 Å². The number of hydrogen-bond acceptors (Lipinski definition) is 3. The first-order valence-corrected chi connectivity index (χ1v) is 5.70. The van der Waals surface area contributed by atoms with E-state index in [2.05, 4.69) is 12.2 Å². The van der Waals surface area contributed by atoms with Crippen LogP contribution in [0, 0.1) is 5.92 Å². The molecule has 2 N–H and O–H groups in total. The molecule has 0 aromatic carbocycles. The third kappa shape index (κ3) is 2.24. The Morgan fingerprint density at radius 3 is 3.20 bits per heavy atom. The van der Waals surface area contributed by atoms with Gasteiger partial charge in [0.2, 0.25) is 0 Å². The predicted octanol–water partition coefficient (Wildman–Crippen LogP) is 1.57. The molecule has 1 aliphatic rings. The van der Waals surface area contributed by atoms with Crippen molar-refractivity contribution < 1.29 is 9.52 Å². The number of nitrogens with one attached hydrogen (secondary N) is 1. The highest BCUT2D eigenvalue weighted by Crippen LogP contribution is 2.30. The highest BCUT2D eigenvalue weighted by molar-refractivity contribution is 5.05. The van der Waals surface area contributed by atoms with Crippen LogP contribution in [0.5, 0.6) is 0 Å². The Balaban J connectivity index is 2.09. The minimum atomic E-state index is -0.585. The minimum Gasteiger partial charge on any atom is -0.469 e. The summed E-state index contributed by atoms with van der Waals surface area (Å²) in [5.41, 5.74) is -0.585. The molecule has 2 rings (SSSR count). The van der Waals surface area contributed by atoms with E-state index < -0.39 is 5.60 Å². The largest absolute Gasteiger partial charge is 0.469 e. The van der Waals surface area contributed by atoms with Crippen LogP contribution < -0.4 is 5.32 Å². The van der Waals surface area contributed by atoms with Gasteiger partial charge in [-0.3, -0.25) is 0 Å². The summed E-state index contributed by atoms with van der Waals surface area (Å²) >= 11 is 0. The van der Waals surface area contributed by atoms with Crippen LogP contribution in [-0.4, -0.2) is 23.8 Å². The molecule has 0 radical (unpaired) electrons. The molecular formula is C12H19NO2. The Morgan fingerprint density at radius 2 is 2.53 bits per heavy atom. The maximum atomic E-state index is 10.6. The summed E-state index contributed by atoms with van der Waals surface area (Å²) in [6.07, 6.45) is 4.12. The van der Waals surface area contributed by atoms with Gasteiger partial charge in [0.15, 0.2) is 0 Å². The number of rotatable bonds is 3. The van der Waals surface area contributed by atoms with Gasteiger partial charge in [0.05, 0.1) is 11.9 Å². The van der Waals surface area contributed by atoms with Crippen molar-refractivity contribution in [2.24, 2.45) is 5.92 Å². The van der Waals surface area contributed by atoms with Crippen molar-refractivity contribution in [1.82, 2.24) is 5.32 Å². The highest BCUT2D eigenvalue weighted by atomic mass is 16.3. The van der Waals surface area contributed by atoms with Crippen molar-refractivity contribution in [1.29, 1.82) is 0 Å². The molecule has 2 unspecified atom stereocenters. The van der Waals surface area contributed by atoms with Gasteiger partial charge in [-0.15, -0.1) is 0 Å². The first-order valence-electron chi connectivity index (χ1n) is 5.70. The van der Waals surface area contributed by atoms with Gasteiger partial charge in [-0.25, -0.2) is 0 Å². The zero-order valence-corrected chi connectivity index (χ0v) is 9.20. The third-order valence-corrected chi connectivity index (χ3v) is 3.44. The van der Waals surface area contributed by atoms with E-state index in [1.807, 2.05) is 12.1 Å². The molecule has 15 heavy (non-hydrogen) atoms. The van der Waals surface area contributed by atoms with E-state index in [1.54, 1.807) is 6.26 Å². The standard InChI is InChI=1S/C12H19NO2/c1-2-10-9-13-6-5-12(10,14)8-11-4-3-7-15-11/h3-4,7,10,13-14H,2,5-6,8-9H2,1H3. The van der Waals surface area contributed by atoms with Gasteiger partial charge in [0.1, 0.15) is 5.76 Å². The van der Waals surface area contributed by atoms with Crippen molar-refractivity contribution >= 4 is 0 Å². The Labute approximate surface area is 90.5 Å². The molecule has 1 aliphatic heterocycles. The molecule has 0 aliphatic carbocycles. The topological polar surface area (TPSA) is 45.4 Å². The Bertz CT molecular complexity index is 297. The van der Waals surface area contributed by atoms with Crippen molar-refractivity contribution in [3.05, 3.63) is 24.2 Å². The fourth-order valence-corrected chi connectivity index (χ4v) is 2.45. The van der Waals surface area contributed by atoms with Crippen LogP contribution in [0.4, 0.5) is 0 Å². The fraction of sp³-hybridized carbons (Fsp3) is 0.667. The van der Waals surface area contributed by atoms with E-state index in [1.165, 1.54) is 0 Å². The number of hydrogen-bond donors (Lipinski definition) is 2. The molecule has 3 nitrogen and oxygen atoms in total. The molecule has 0 saturated carbocycles. The average molecular weight is 209 g/mol. The number of piperidine rings is 1. The van der Waals surface area contributed by atoms with Gasteiger partial charge in [0, 0.05) is 18.9 Å². The van der Waals surface area contributed by atoms with Gasteiger partial charge < -0.3 is 14.8 Å². The lowest BCUT2D eigenvalue weighted by atomic mass is 9.77. The van der Waals surface area contributed by atoms with Crippen LogP contribution in [0.3, 0.4) is 0 Å².